The van der Waals surface area contributed by atoms with Crippen LogP contribution in [0.3, 0.4) is 0 Å². The summed E-state index contributed by atoms with van der Waals surface area (Å²) in [5.74, 6) is -2.84. The Balaban J connectivity index is 2.17. The lowest BCUT2D eigenvalue weighted by Gasteiger charge is -2.12. The molecule has 21 heavy (non-hydrogen) atoms. The molecule has 2 rings (SSSR count). The minimum absolute atomic E-state index is 0.0152. The highest BCUT2D eigenvalue weighted by Crippen LogP contribution is 2.34. The quantitative estimate of drug-likeness (QED) is 0.735. The van der Waals surface area contributed by atoms with Gasteiger partial charge in [0, 0.05) is 0 Å². The molecule has 0 aliphatic heterocycles. The van der Waals surface area contributed by atoms with Gasteiger partial charge in [-0.15, -0.1) is 0 Å². The van der Waals surface area contributed by atoms with Crippen LogP contribution in [-0.2, 0) is 12.8 Å². The molecule has 0 unspecified atom stereocenters. The molecule has 0 heterocycles. The largest absolute Gasteiger partial charge is 0.489 e. The van der Waals surface area contributed by atoms with E-state index in [0.717, 1.165) is 5.56 Å². The molecule has 0 radical (unpaired) electrons. The van der Waals surface area contributed by atoms with E-state index >= 15 is 0 Å². The number of halogens is 5. The van der Waals surface area contributed by atoms with Crippen LogP contribution in [0.2, 0.25) is 0 Å². The summed E-state index contributed by atoms with van der Waals surface area (Å²) >= 11 is 0. The van der Waals surface area contributed by atoms with Crippen LogP contribution in [0.25, 0.3) is 0 Å². The van der Waals surface area contributed by atoms with E-state index in [2.05, 4.69) is 0 Å². The zero-order valence-corrected chi connectivity index (χ0v) is 11.0. The minimum atomic E-state index is -5.06. The highest BCUT2D eigenvalue weighted by atomic mass is 19.4. The van der Waals surface area contributed by atoms with Crippen LogP contribution in [0.5, 0.6) is 5.75 Å². The van der Waals surface area contributed by atoms with Crippen LogP contribution in [0, 0.1) is 18.6 Å². The molecule has 0 spiro atoms. The standard InChI is InChI=1S/C15H11F5O/c1-9-2-4-11(5-3-9)21-8-10-6-12(16)14(13(17)7-10)15(18,19)20/h2-7H,8H2,1H3. The van der Waals surface area contributed by atoms with Gasteiger partial charge in [0.15, 0.2) is 0 Å². The zero-order chi connectivity index (χ0) is 15.6. The van der Waals surface area contributed by atoms with Crippen molar-refractivity contribution in [3.05, 3.63) is 64.7 Å². The molecule has 2 aromatic rings. The zero-order valence-electron chi connectivity index (χ0n) is 11.0. The molecule has 0 aliphatic rings. The molecular weight excluding hydrogens is 291 g/mol. The van der Waals surface area contributed by atoms with Crippen molar-refractivity contribution < 1.29 is 26.7 Å². The molecule has 0 amide bonds. The Kier molecular flexibility index (Phi) is 4.16. The molecule has 6 heteroatoms. The van der Waals surface area contributed by atoms with E-state index in [1.807, 2.05) is 6.92 Å². The van der Waals surface area contributed by atoms with Gasteiger partial charge in [-0.2, -0.15) is 13.2 Å². The first-order chi connectivity index (χ1) is 9.77. The molecule has 0 aromatic heterocycles. The topological polar surface area (TPSA) is 9.23 Å². The van der Waals surface area contributed by atoms with Gasteiger partial charge < -0.3 is 4.74 Å². The molecule has 0 bridgehead atoms. The van der Waals surface area contributed by atoms with E-state index in [4.69, 9.17) is 4.74 Å². The van der Waals surface area contributed by atoms with E-state index in [9.17, 15) is 22.0 Å². The second-order valence-electron chi connectivity index (χ2n) is 4.53. The van der Waals surface area contributed by atoms with Crippen LogP contribution in [-0.4, -0.2) is 0 Å². The van der Waals surface area contributed by atoms with E-state index in [-0.39, 0.29) is 12.2 Å². The van der Waals surface area contributed by atoms with Gasteiger partial charge in [-0.3, -0.25) is 0 Å². The van der Waals surface area contributed by atoms with Gasteiger partial charge in [-0.1, -0.05) is 17.7 Å². The van der Waals surface area contributed by atoms with Crippen molar-refractivity contribution in [2.45, 2.75) is 19.7 Å². The maximum Gasteiger partial charge on any atom is 0.422 e. The van der Waals surface area contributed by atoms with Crippen LogP contribution in [0.4, 0.5) is 22.0 Å². The fourth-order valence-corrected chi connectivity index (χ4v) is 1.78. The maximum atomic E-state index is 13.4. The van der Waals surface area contributed by atoms with Gasteiger partial charge >= 0.3 is 6.18 Å². The van der Waals surface area contributed by atoms with Crippen LogP contribution < -0.4 is 4.74 Å². The molecular formula is C15H11F5O. The Morgan fingerprint density at radius 1 is 0.952 bits per heavy atom. The summed E-state index contributed by atoms with van der Waals surface area (Å²) in [5.41, 5.74) is -0.894. The minimum Gasteiger partial charge on any atom is -0.489 e. The third kappa shape index (κ3) is 3.71. The third-order valence-corrected chi connectivity index (χ3v) is 2.81. The monoisotopic (exact) mass is 302 g/mol. The summed E-state index contributed by atoms with van der Waals surface area (Å²) in [5, 5.41) is 0. The Hall–Kier alpha value is -2.11. The van der Waals surface area contributed by atoms with Gasteiger partial charge in [-0.25, -0.2) is 8.78 Å². The SMILES string of the molecule is Cc1ccc(OCc2cc(F)c(C(F)(F)F)c(F)c2)cc1. The van der Waals surface area contributed by atoms with Crippen LogP contribution >= 0.6 is 0 Å². The van der Waals surface area contributed by atoms with E-state index in [1.165, 1.54) is 0 Å². The Morgan fingerprint density at radius 2 is 1.48 bits per heavy atom. The second-order valence-corrected chi connectivity index (χ2v) is 4.53. The summed E-state index contributed by atoms with van der Waals surface area (Å²) in [6.45, 7) is 1.65. The van der Waals surface area contributed by atoms with Gasteiger partial charge in [-0.05, 0) is 36.8 Å². The number of hydrogen-bond acceptors (Lipinski definition) is 1. The summed E-state index contributed by atoms with van der Waals surface area (Å²) < 4.78 is 69.3. The first-order valence-electron chi connectivity index (χ1n) is 6.02. The average Bonchev–Trinajstić information content (AvgIpc) is 2.35. The van der Waals surface area contributed by atoms with Gasteiger partial charge in [0.1, 0.15) is 29.6 Å². The maximum absolute atomic E-state index is 13.4. The van der Waals surface area contributed by atoms with Crippen molar-refractivity contribution >= 4 is 0 Å². The molecule has 0 saturated heterocycles. The first-order valence-corrected chi connectivity index (χ1v) is 6.02. The molecule has 1 nitrogen and oxygen atoms in total. The number of alkyl halides is 3. The van der Waals surface area contributed by atoms with Crippen molar-refractivity contribution in [2.24, 2.45) is 0 Å². The fraction of sp³-hybridized carbons (Fsp3) is 0.200. The number of rotatable bonds is 3. The third-order valence-electron chi connectivity index (χ3n) is 2.81. The van der Waals surface area contributed by atoms with Crippen molar-refractivity contribution in [3.63, 3.8) is 0 Å². The van der Waals surface area contributed by atoms with Crippen LogP contribution in [0.15, 0.2) is 36.4 Å². The van der Waals surface area contributed by atoms with Gasteiger partial charge in [0.2, 0.25) is 0 Å². The highest BCUT2D eigenvalue weighted by molar-refractivity contribution is 5.30. The predicted molar refractivity (Wildman–Crippen MR) is 66.9 cm³/mol. The van der Waals surface area contributed by atoms with Crippen molar-refractivity contribution in [2.75, 3.05) is 0 Å². The number of aryl methyl sites for hydroxylation is 1. The molecule has 0 fully saturated rings. The predicted octanol–water partition coefficient (Wildman–Crippen LogP) is 4.87. The van der Waals surface area contributed by atoms with E-state index in [1.54, 1.807) is 24.3 Å². The molecule has 2 aromatic carbocycles. The summed E-state index contributed by atoms with van der Waals surface area (Å²) in [7, 11) is 0. The van der Waals surface area contributed by atoms with Gasteiger partial charge in [0.05, 0.1) is 0 Å². The van der Waals surface area contributed by atoms with Crippen LogP contribution in [0.1, 0.15) is 16.7 Å². The molecule has 0 atom stereocenters. The number of ether oxygens (including phenoxy) is 1. The highest BCUT2D eigenvalue weighted by Gasteiger charge is 2.37. The molecule has 0 N–H and O–H groups in total. The molecule has 0 saturated carbocycles. The smallest absolute Gasteiger partial charge is 0.422 e. The molecule has 112 valence electrons. The Bertz CT molecular complexity index is 608. The lowest BCUT2D eigenvalue weighted by atomic mass is 10.1. The van der Waals surface area contributed by atoms with E-state index < -0.39 is 23.4 Å². The summed E-state index contributed by atoms with van der Waals surface area (Å²) in [6, 6.07) is 8.13. The van der Waals surface area contributed by atoms with Crippen molar-refractivity contribution in [1.82, 2.24) is 0 Å². The van der Waals surface area contributed by atoms with E-state index in [0.29, 0.717) is 17.9 Å². The van der Waals surface area contributed by atoms with Gasteiger partial charge in [0.25, 0.3) is 0 Å². The summed E-state index contributed by atoms with van der Waals surface area (Å²) in [4.78, 5) is 0. The average molecular weight is 302 g/mol. The lowest BCUT2D eigenvalue weighted by Crippen LogP contribution is -2.12. The number of benzene rings is 2. The first kappa shape index (κ1) is 15.3. The molecule has 0 aliphatic carbocycles. The normalized spacial score (nSPS) is 11.5. The number of hydrogen-bond donors (Lipinski definition) is 0. The van der Waals surface area contributed by atoms with Crippen molar-refractivity contribution in [1.29, 1.82) is 0 Å². The Labute approximate surface area is 118 Å². The van der Waals surface area contributed by atoms with Crippen molar-refractivity contribution in [3.8, 4) is 5.75 Å². The second kappa shape index (κ2) is 5.71. The Morgan fingerprint density at radius 3 is 1.95 bits per heavy atom. The fourth-order valence-electron chi connectivity index (χ4n) is 1.78. The lowest BCUT2D eigenvalue weighted by molar-refractivity contribution is -0.142. The summed E-state index contributed by atoms with van der Waals surface area (Å²) in [6.07, 6.45) is -5.06.